The number of hydrogen-bond acceptors (Lipinski definition) is 4. The largest absolute Gasteiger partial charge is 0.481 e. The van der Waals surface area contributed by atoms with Crippen LogP contribution < -0.4 is 5.73 Å². The van der Waals surface area contributed by atoms with Crippen molar-refractivity contribution in [2.75, 3.05) is 5.73 Å². The summed E-state index contributed by atoms with van der Waals surface area (Å²) in [7, 11) is 0. The van der Waals surface area contributed by atoms with Crippen LogP contribution in [-0.2, 0) is 11.2 Å². The summed E-state index contributed by atoms with van der Waals surface area (Å²) in [4.78, 5) is 17.8. The van der Waals surface area contributed by atoms with Crippen LogP contribution >= 0.6 is 34.2 Å². The Labute approximate surface area is 92.5 Å². The minimum atomic E-state index is -0.980. The van der Waals surface area contributed by atoms with Gasteiger partial charge in [-0.2, -0.15) is 4.98 Å². The third-order valence-electron chi connectivity index (χ3n) is 1.24. The molecule has 0 radical (unpaired) electrons. The van der Waals surface area contributed by atoms with Crippen molar-refractivity contribution in [1.29, 1.82) is 0 Å². The zero-order valence-electron chi connectivity index (χ0n) is 6.29. The standard InChI is InChI=1S/C6H5ClIN3O2/c7-6-10-2(1-3(12)13)4(8)5(9)11-6/h1H2,(H,12,13)(H2,9,10,11). The molecule has 5 nitrogen and oxygen atoms in total. The molecule has 0 aliphatic carbocycles. The summed E-state index contributed by atoms with van der Waals surface area (Å²) in [6, 6.07) is 0. The Balaban J connectivity index is 3.12. The van der Waals surface area contributed by atoms with Gasteiger partial charge in [0.15, 0.2) is 0 Å². The summed E-state index contributed by atoms with van der Waals surface area (Å²) in [6.45, 7) is 0. The molecule has 0 unspecified atom stereocenters. The van der Waals surface area contributed by atoms with Crippen molar-refractivity contribution in [3.63, 3.8) is 0 Å². The monoisotopic (exact) mass is 313 g/mol. The lowest BCUT2D eigenvalue weighted by molar-refractivity contribution is -0.136. The Bertz CT molecular complexity index is 358. The molecular weight excluding hydrogens is 308 g/mol. The van der Waals surface area contributed by atoms with Gasteiger partial charge >= 0.3 is 5.97 Å². The summed E-state index contributed by atoms with van der Waals surface area (Å²) in [5, 5.41) is 8.49. The lowest BCUT2D eigenvalue weighted by Crippen LogP contribution is -2.08. The molecule has 1 aromatic heterocycles. The first-order chi connectivity index (χ1) is 6.00. The van der Waals surface area contributed by atoms with Gasteiger partial charge in [0.05, 0.1) is 15.7 Å². The van der Waals surface area contributed by atoms with E-state index in [1.807, 2.05) is 22.6 Å². The summed E-state index contributed by atoms with van der Waals surface area (Å²) in [5.74, 6) is -0.774. The fourth-order valence-corrected chi connectivity index (χ4v) is 1.37. The molecule has 0 aliphatic heterocycles. The van der Waals surface area contributed by atoms with Gasteiger partial charge < -0.3 is 10.8 Å². The Morgan fingerprint density at radius 1 is 1.62 bits per heavy atom. The van der Waals surface area contributed by atoms with E-state index >= 15 is 0 Å². The SMILES string of the molecule is Nc1nc(Cl)nc(CC(=O)O)c1I. The third-order valence-corrected chi connectivity index (χ3v) is 2.58. The predicted octanol–water partition coefficient (Wildman–Crippen LogP) is 0.944. The van der Waals surface area contributed by atoms with Crippen molar-refractivity contribution in [2.24, 2.45) is 0 Å². The molecule has 0 saturated heterocycles. The van der Waals surface area contributed by atoms with Crippen LogP contribution in [0.2, 0.25) is 5.28 Å². The smallest absolute Gasteiger partial charge is 0.309 e. The summed E-state index contributed by atoms with van der Waals surface area (Å²) in [6.07, 6.45) is -0.204. The normalized spacial score (nSPS) is 10.0. The number of halogens is 2. The second kappa shape index (κ2) is 4.05. The van der Waals surface area contributed by atoms with Crippen LogP contribution in [-0.4, -0.2) is 21.0 Å². The highest BCUT2D eigenvalue weighted by Gasteiger charge is 2.11. The number of aromatic nitrogens is 2. The minimum Gasteiger partial charge on any atom is -0.481 e. The van der Waals surface area contributed by atoms with Gasteiger partial charge in [0.2, 0.25) is 5.28 Å². The molecule has 0 aliphatic rings. The van der Waals surface area contributed by atoms with E-state index in [1.54, 1.807) is 0 Å². The molecule has 7 heteroatoms. The predicted molar refractivity (Wildman–Crippen MR) is 55.5 cm³/mol. The molecule has 0 amide bonds. The van der Waals surface area contributed by atoms with E-state index in [2.05, 4.69) is 9.97 Å². The second-order valence-corrected chi connectivity index (χ2v) is 3.63. The maximum atomic E-state index is 10.4. The van der Waals surface area contributed by atoms with Gasteiger partial charge in [-0.25, -0.2) is 4.98 Å². The van der Waals surface area contributed by atoms with Crippen molar-refractivity contribution in [3.05, 3.63) is 14.5 Å². The lowest BCUT2D eigenvalue weighted by Gasteiger charge is -2.03. The first-order valence-corrected chi connectivity index (χ1v) is 4.65. The number of carboxylic acid groups (broad SMARTS) is 1. The summed E-state index contributed by atoms with van der Waals surface area (Å²) < 4.78 is 0.532. The Hall–Kier alpha value is -0.630. The number of rotatable bonds is 2. The van der Waals surface area contributed by atoms with Gasteiger partial charge in [0.25, 0.3) is 0 Å². The molecule has 13 heavy (non-hydrogen) atoms. The zero-order chi connectivity index (χ0) is 10.0. The number of nitrogens with two attached hydrogens (primary N) is 1. The number of hydrogen-bond donors (Lipinski definition) is 2. The quantitative estimate of drug-likeness (QED) is 0.626. The van der Waals surface area contributed by atoms with Gasteiger partial charge in [-0.1, -0.05) is 0 Å². The second-order valence-electron chi connectivity index (χ2n) is 2.21. The van der Waals surface area contributed by atoms with Crippen molar-refractivity contribution < 1.29 is 9.90 Å². The van der Waals surface area contributed by atoms with Gasteiger partial charge in [-0.05, 0) is 34.2 Å². The number of nitrogens with zero attached hydrogens (tertiary/aromatic N) is 2. The maximum absolute atomic E-state index is 10.4. The van der Waals surface area contributed by atoms with E-state index in [-0.39, 0.29) is 17.5 Å². The summed E-state index contributed by atoms with van der Waals surface area (Å²) >= 11 is 7.39. The minimum absolute atomic E-state index is 0.0332. The molecular formula is C6H5ClIN3O2. The average Bonchev–Trinajstić information content (AvgIpc) is 1.98. The number of anilines is 1. The number of carbonyl (C=O) groups is 1. The number of carboxylic acids is 1. The molecule has 0 atom stereocenters. The zero-order valence-corrected chi connectivity index (χ0v) is 9.20. The molecule has 1 aromatic rings. The molecule has 0 saturated carbocycles. The van der Waals surface area contributed by atoms with Crippen molar-refractivity contribution >= 4 is 46.0 Å². The van der Waals surface area contributed by atoms with Crippen LogP contribution in [0.15, 0.2) is 0 Å². The van der Waals surface area contributed by atoms with E-state index in [0.29, 0.717) is 9.26 Å². The number of aliphatic carboxylic acids is 1. The lowest BCUT2D eigenvalue weighted by atomic mass is 10.3. The fourth-order valence-electron chi connectivity index (χ4n) is 0.742. The Morgan fingerprint density at radius 2 is 2.23 bits per heavy atom. The van der Waals surface area contributed by atoms with Crippen molar-refractivity contribution in [1.82, 2.24) is 9.97 Å². The van der Waals surface area contributed by atoms with Crippen LogP contribution in [0.4, 0.5) is 5.82 Å². The Morgan fingerprint density at radius 3 is 2.77 bits per heavy atom. The molecule has 3 N–H and O–H groups in total. The Kier molecular flexibility index (Phi) is 3.26. The van der Waals surface area contributed by atoms with E-state index in [9.17, 15) is 4.79 Å². The molecule has 1 heterocycles. The average molecular weight is 313 g/mol. The van der Waals surface area contributed by atoms with E-state index in [4.69, 9.17) is 22.4 Å². The van der Waals surface area contributed by atoms with Crippen LogP contribution in [0, 0.1) is 3.57 Å². The third kappa shape index (κ3) is 2.66. The molecule has 0 bridgehead atoms. The van der Waals surface area contributed by atoms with Crippen LogP contribution in [0.1, 0.15) is 5.69 Å². The van der Waals surface area contributed by atoms with Crippen molar-refractivity contribution in [2.45, 2.75) is 6.42 Å². The highest BCUT2D eigenvalue weighted by atomic mass is 127. The van der Waals surface area contributed by atoms with Gasteiger partial charge in [-0.3, -0.25) is 4.79 Å². The molecule has 0 fully saturated rings. The topological polar surface area (TPSA) is 89.1 Å². The first-order valence-electron chi connectivity index (χ1n) is 3.20. The number of nitrogen functional groups attached to an aromatic ring is 1. The van der Waals surface area contributed by atoms with Gasteiger partial charge in [0, 0.05) is 0 Å². The molecule has 0 spiro atoms. The highest BCUT2D eigenvalue weighted by molar-refractivity contribution is 14.1. The van der Waals surface area contributed by atoms with Gasteiger partial charge in [-0.15, -0.1) is 0 Å². The van der Waals surface area contributed by atoms with Gasteiger partial charge in [0.1, 0.15) is 5.82 Å². The van der Waals surface area contributed by atoms with E-state index in [0.717, 1.165) is 0 Å². The molecule has 1 rings (SSSR count). The van der Waals surface area contributed by atoms with E-state index in [1.165, 1.54) is 0 Å². The molecule has 0 aromatic carbocycles. The fraction of sp³-hybridized carbons (Fsp3) is 0.167. The van der Waals surface area contributed by atoms with Crippen LogP contribution in [0.25, 0.3) is 0 Å². The summed E-state index contributed by atoms with van der Waals surface area (Å²) in [5.41, 5.74) is 5.80. The molecule has 70 valence electrons. The van der Waals surface area contributed by atoms with Crippen LogP contribution in [0.3, 0.4) is 0 Å². The first kappa shape index (κ1) is 10.5. The highest BCUT2D eigenvalue weighted by Crippen LogP contribution is 2.18. The van der Waals surface area contributed by atoms with Crippen molar-refractivity contribution in [3.8, 4) is 0 Å². The van der Waals surface area contributed by atoms with E-state index < -0.39 is 5.97 Å². The maximum Gasteiger partial charge on any atom is 0.309 e. The van der Waals surface area contributed by atoms with Crippen LogP contribution in [0.5, 0.6) is 0 Å².